The van der Waals surface area contributed by atoms with Crippen LogP contribution < -0.4 is 10.6 Å². The van der Waals surface area contributed by atoms with E-state index in [0.717, 1.165) is 0 Å². The van der Waals surface area contributed by atoms with Gasteiger partial charge in [0.2, 0.25) is 5.91 Å². The standard InChI is InChI=1S/C27H27ClN4O3/c28-22-13-7-14-23(19-22)29-27(35)32-16-8-15-31(17-18-32)26(34)24(20-9-3-1-4-10-20)30-25(33)21-11-5-2-6-12-21/h1-7,9-14,19,24H,8,15-18H2,(H,29,35)(H,30,33). The molecule has 3 aromatic carbocycles. The number of benzene rings is 3. The van der Waals surface area contributed by atoms with Crippen molar-refractivity contribution in [3.63, 3.8) is 0 Å². The number of nitrogens with one attached hydrogen (secondary N) is 2. The van der Waals surface area contributed by atoms with Gasteiger partial charge in [-0.1, -0.05) is 66.2 Å². The number of anilines is 1. The van der Waals surface area contributed by atoms with Crippen LogP contribution in [0, 0.1) is 0 Å². The Morgan fingerprint density at radius 2 is 1.43 bits per heavy atom. The zero-order chi connectivity index (χ0) is 24.6. The number of amides is 4. The van der Waals surface area contributed by atoms with Crippen molar-refractivity contribution in [1.82, 2.24) is 15.1 Å². The fourth-order valence-corrected chi connectivity index (χ4v) is 4.22. The van der Waals surface area contributed by atoms with Crippen molar-refractivity contribution in [3.05, 3.63) is 101 Å². The van der Waals surface area contributed by atoms with Gasteiger partial charge in [0.25, 0.3) is 5.91 Å². The minimum absolute atomic E-state index is 0.197. The van der Waals surface area contributed by atoms with Crippen LogP contribution >= 0.6 is 11.6 Å². The highest BCUT2D eigenvalue weighted by Crippen LogP contribution is 2.19. The van der Waals surface area contributed by atoms with Crippen molar-refractivity contribution in [1.29, 1.82) is 0 Å². The number of rotatable bonds is 5. The highest BCUT2D eigenvalue weighted by molar-refractivity contribution is 6.30. The van der Waals surface area contributed by atoms with Crippen molar-refractivity contribution in [2.45, 2.75) is 12.5 Å². The molecule has 1 atom stereocenters. The third-order valence-electron chi connectivity index (χ3n) is 5.86. The van der Waals surface area contributed by atoms with E-state index < -0.39 is 6.04 Å². The summed E-state index contributed by atoms with van der Waals surface area (Å²) in [7, 11) is 0. The Labute approximate surface area is 209 Å². The molecule has 8 heteroatoms. The summed E-state index contributed by atoms with van der Waals surface area (Å²) in [4.78, 5) is 42.7. The lowest BCUT2D eigenvalue weighted by atomic mass is 10.0. The normalized spacial score (nSPS) is 14.5. The van der Waals surface area contributed by atoms with Crippen LogP contribution in [0.25, 0.3) is 0 Å². The fourth-order valence-electron chi connectivity index (χ4n) is 4.03. The average Bonchev–Trinajstić information content (AvgIpc) is 3.14. The van der Waals surface area contributed by atoms with Gasteiger partial charge < -0.3 is 20.4 Å². The lowest BCUT2D eigenvalue weighted by molar-refractivity contribution is -0.133. The second-order valence-electron chi connectivity index (χ2n) is 8.29. The number of halogens is 1. The van der Waals surface area contributed by atoms with E-state index in [1.165, 1.54) is 0 Å². The Morgan fingerprint density at radius 3 is 2.14 bits per heavy atom. The van der Waals surface area contributed by atoms with Crippen molar-refractivity contribution < 1.29 is 14.4 Å². The number of carbonyl (C=O) groups excluding carboxylic acids is 3. The van der Waals surface area contributed by atoms with Crippen LogP contribution in [0.3, 0.4) is 0 Å². The van der Waals surface area contributed by atoms with E-state index in [2.05, 4.69) is 10.6 Å². The molecule has 1 aliphatic rings. The number of urea groups is 1. The number of carbonyl (C=O) groups is 3. The molecular formula is C27H27ClN4O3. The molecule has 0 radical (unpaired) electrons. The highest BCUT2D eigenvalue weighted by atomic mass is 35.5. The SMILES string of the molecule is O=C(NC(C(=O)N1CCCN(C(=O)Nc2cccc(Cl)c2)CC1)c1ccccc1)c1ccccc1. The van der Waals surface area contributed by atoms with Gasteiger partial charge in [0.1, 0.15) is 6.04 Å². The summed E-state index contributed by atoms with van der Waals surface area (Å²) in [6.45, 7) is 1.76. The molecule has 1 aliphatic heterocycles. The first-order valence-electron chi connectivity index (χ1n) is 11.5. The van der Waals surface area contributed by atoms with E-state index in [9.17, 15) is 14.4 Å². The monoisotopic (exact) mass is 490 g/mol. The Hall–Kier alpha value is -3.84. The largest absolute Gasteiger partial charge is 0.339 e. The molecular weight excluding hydrogens is 464 g/mol. The van der Waals surface area contributed by atoms with Crippen molar-refractivity contribution >= 4 is 35.1 Å². The van der Waals surface area contributed by atoms with Gasteiger partial charge in [0, 0.05) is 42.5 Å². The van der Waals surface area contributed by atoms with Crippen LogP contribution in [-0.2, 0) is 4.79 Å². The van der Waals surface area contributed by atoms with E-state index in [-0.39, 0.29) is 17.8 Å². The molecule has 1 fully saturated rings. The molecule has 35 heavy (non-hydrogen) atoms. The highest BCUT2D eigenvalue weighted by Gasteiger charge is 2.30. The second kappa shape index (κ2) is 11.5. The lowest BCUT2D eigenvalue weighted by Gasteiger charge is -2.27. The minimum Gasteiger partial charge on any atom is -0.339 e. The van der Waals surface area contributed by atoms with E-state index in [4.69, 9.17) is 11.6 Å². The predicted octanol–water partition coefficient (Wildman–Crippen LogP) is 4.58. The van der Waals surface area contributed by atoms with Crippen LogP contribution in [0.15, 0.2) is 84.9 Å². The van der Waals surface area contributed by atoms with Crippen LogP contribution in [0.4, 0.5) is 10.5 Å². The smallest absolute Gasteiger partial charge is 0.321 e. The first-order valence-corrected chi connectivity index (χ1v) is 11.9. The summed E-state index contributed by atoms with van der Waals surface area (Å²) in [5.74, 6) is -0.511. The lowest BCUT2D eigenvalue weighted by Crippen LogP contribution is -2.45. The quantitative estimate of drug-likeness (QED) is 0.549. The first-order chi connectivity index (χ1) is 17.0. The van der Waals surface area contributed by atoms with E-state index in [0.29, 0.717) is 54.4 Å². The number of hydrogen-bond donors (Lipinski definition) is 2. The maximum absolute atomic E-state index is 13.6. The number of hydrogen-bond acceptors (Lipinski definition) is 3. The molecule has 1 saturated heterocycles. The molecule has 0 saturated carbocycles. The Kier molecular flexibility index (Phi) is 8.00. The van der Waals surface area contributed by atoms with Gasteiger partial charge in [0.15, 0.2) is 0 Å². The number of nitrogens with zero attached hydrogens (tertiary/aromatic N) is 2. The molecule has 0 spiro atoms. The molecule has 4 amide bonds. The molecule has 0 bridgehead atoms. The first kappa shape index (κ1) is 24.3. The van der Waals surface area contributed by atoms with Crippen molar-refractivity contribution in [3.8, 4) is 0 Å². The van der Waals surface area contributed by atoms with Crippen molar-refractivity contribution in [2.24, 2.45) is 0 Å². The zero-order valence-corrected chi connectivity index (χ0v) is 19.9. The predicted molar refractivity (Wildman–Crippen MR) is 136 cm³/mol. The Balaban J connectivity index is 1.44. The van der Waals surface area contributed by atoms with Gasteiger partial charge in [0.05, 0.1) is 0 Å². The van der Waals surface area contributed by atoms with Gasteiger partial charge in [-0.25, -0.2) is 4.79 Å². The summed E-state index contributed by atoms with van der Waals surface area (Å²) >= 11 is 6.01. The molecule has 7 nitrogen and oxygen atoms in total. The van der Waals surface area contributed by atoms with Gasteiger partial charge in [-0.3, -0.25) is 9.59 Å². The summed E-state index contributed by atoms with van der Waals surface area (Å²) in [6.07, 6.45) is 0.628. The second-order valence-corrected chi connectivity index (χ2v) is 8.73. The molecule has 4 rings (SSSR count). The third-order valence-corrected chi connectivity index (χ3v) is 6.10. The van der Waals surface area contributed by atoms with Gasteiger partial charge >= 0.3 is 6.03 Å². The van der Waals surface area contributed by atoms with Gasteiger partial charge in [-0.15, -0.1) is 0 Å². The summed E-state index contributed by atoms with van der Waals surface area (Å²) < 4.78 is 0. The Morgan fingerprint density at radius 1 is 0.771 bits per heavy atom. The van der Waals surface area contributed by atoms with Gasteiger partial charge in [-0.2, -0.15) is 0 Å². The van der Waals surface area contributed by atoms with Crippen molar-refractivity contribution in [2.75, 3.05) is 31.5 Å². The minimum atomic E-state index is -0.823. The van der Waals surface area contributed by atoms with Gasteiger partial charge in [-0.05, 0) is 42.3 Å². The van der Waals surface area contributed by atoms with Crippen LogP contribution in [-0.4, -0.2) is 53.8 Å². The molecule has 180 valence electrons. The third kappa shape index (κ3) is 6.39. The molecule has 1 heterocycles. The topological polar surface area (TPSA) is 81.8 Å². The molecule has 0 aliphatic carbocycles. The summed E-state index contributed by atoms with van der Waals surface area (Å²) in [6, 6.07) is 24.0. The maximum Gasteiger partial charge on any atom is 0.321 e. The van der Waals surface area contributed by atoms with E-state index in [1.807, 2.05) is 36.4 Å². The molecule has 0 aromatic heterocycles. The zero-order valence-electron chi connectivity index (χ0n) is 19.2. The van der Waals surface area contributed by atoms with Crippen LogP contribution in [0.1, 0.15) is 28.4 Å². The average molecular weight is 491 g/mol. The maximum atomic E-state index is 13.6. The van der Waals surface area contributed by atoms with E-state index in [1.54, 1.807) is 58.3 Å². The van der Waals surface area contributed by atoms with E-state index >= 15 is 0 Å². The summed E-state index contributed by atoms with van der Waals surface area (Å²) in [5.41, 5.74) is 1.81. The molecule has 1 unspecified atom stereocenters. The summed E-state index contributed by atoms with van der Waals surface area (Å²) in [5, 5.41) is 6.30. The molecule has 2 N–H and O–H groups in total. The Bertz CT molecular complexity index is 1170. The van der Waals surface area contributed by atoms with Crippen LogP contribution in [0.5, 0.6) is 0 Å². The fraction of sp³-hybridized carbons (Fsp3) is 0.222. The molecule has 3 aromatic rings. The van der Waals surface area contributed by atoms with Crippen LogP contribution in [0.2, 0.25) is 5.02 Å².